The van der Waals surface area contributed by atoms with Gasteiger partial charge >= 0.3 is 0 Å². The molecule has 120 valence electrons. The lowest BCUT2D eigenvalue weighted by atomic mass is 10.0. The van der Waals surface area contributed by atoms with Crippen molar-refractivity contribution in [3.63, 3.8) is 0 Å². The monoisotopic (exact) mass is 353 g/mol. The van der Waals surface area contributed by atoms with Crippen molar-refractivity contribution in [2.75, 3.05) is 0 Å². The number of halogens is 2. The van der Waals surface area contributed by atoms with Gasteiger partial charge < -0.3 is 0 Å². The molecule has 0 radical (unpaired) electrons. The van der Waals surface area contributed by atoms with Gasteiger partial charge in [0.2, 0.25) is 0 Å². The third kappa shape index (κ3) is 3.87. The fourth-order valence-electron chi connectivity index (χ4n) is 2.55. The zero-order valence-electron chi connectivity index (χ0n) is 13.3. The van der Waals surface area contributed by atoms with Crippen molar-refractivity contribution in [1.29, 1.82) is 0 Å². The average Bonchev–Trinajstić information content (AvgIpc) is 2.63. The third-order valence-electron chi connectivity index (χ3n) is 3.87. The zero-order chi connectivity index (χ0) is 16.9. The van der Waals surface area contributed by atoms with Crippen LogP contribution in [0.2, 0.25) is 10.0 Å². The Kier molecular flexibility index (Phi) is 5.34. The molecule has 0 spiro atoms. The fraction of sp³-hybridized carbons (Fsp3) is 0.0952. The molecule has 0 bridgehead atoms. The molecule has 3 aromatic rings. The van der Waals surface area contributed by atoms with E-state index in [1.54, 1.807) is 6.07 Å². The van der Waals surface area contributed by atoms with Crippen molar-refractivity contribution >= 4 is 29.4 Å². The van der Waals surface area contributed by atoms with Gasteiger partial charge in [-0.2, -0.15) is 0 Å². The van der Waals surface area contributed by atoms with Gasteiger partial charge in [-0.25, -0.2) is 0 Å². The Bertz CT molecular complexity index is 857. The summed E-state index contributed by atoms with van der Waals surface area (Å²) in [6.45, 7) is 2.01. The van der Waals surface area contributed by atoms with Crippen molar-refractivity contribution in [1.82, 2.24) is 0 Å². The van der Waals surface area contributed by atoms with E-state index in [1.165, 1.54) is 11.1 Å². The molecule has 0 saturated carbocycles. The summed E-state index contributed by atoms with van der Waals surface area (Å²) in [6, 6.07) is 24.2. The van der Waals surface area contributed by atoms with Gasteiger partial charge in [0.25, 0.3) is 0 Å². The molecule has 0 aliphatic rings. The molecule has 0 aliphatic heterocycles. The molecule has 0 aromatic heterocycles. The molecule has 3 rings (SSSR count). The molecule has 3 aromatic carbocycles. The first kappa shape index (κ1) is 16.8. The van der Waals surface area contributed by atoms with Crippen LogP contribution >= 0.6 is 23.2 Å². The first-order valence-electron chi connectivity index (χ1n) is 7.78. The molecule has 1 atom stereocenters. The number of benzene rings is 3. The second kappa shape index (κ2) is 7.65. The van der Waals surface area contributed by atoms with Crippen LogP contribution in [0.1, 0.15) is 24.1 Å². The first-order chi connectivity index (χ1) is 11.6. The second-order valence-corrected chi connectivity index (χ2v) is 6.37. The predicted molar refractivity (Wildman–Crippen MR) is 104 cm³/mol. The van der Waals surface area contributed by atoms with Crippen LogP contribution < -0.4 is 0 Å². The Morgan fingerprint density at radius 2 is 1.54 bits per heavy atom. The second-order valence-electron chi connectivity index (χ2n) is 5.59. The van der Waals surface area contributed by atoms with E-state index in [9.17, 15) is 0 Å². The minimum absolute atomic E-state index is 0.0587. The van der Waals surface area contributed by atoms with Crippen LogP contribution in [-0.2, 0) is 0 Å². The lowest BCUT2D eigenvalue weighted by Gasteiger charge is -2.10. The van der Waals surface area contributed by atoms with Crippen LogP contribution in [-0.4, -0.2) is 6.21 Å². The van der Waals surface area contributed by atoms with Gasteiger partial charge in [0.1, 0.15) is 0 Å². The highest BCUT2D eigenvalue weighted by Crippen LogP contribution is 2.31. The quantitative estimate of drug-likeness (QED) is 0.455. The van der Waals surface area contributed by atoms with Gasteiger partial charge in [-0.1, -0.05) is 83.9 Å². The molecular formula is C21H17Cl2N. The van der Waals surface area contributed by atoms with Crippen LogP contribution in [0.5, 0.6) is 0 Å². The van der Waals surface area contributed by atoms with Gasteiger partial charge in [0.05, 0.1) is 16.1 Å². The molecule has 1 unspecified atom stereocenters. The van der Waals surface area contributed by atoms with Crippen LogP contribution in [0.15, 0.2) is 77.8 Å². The van der Waals surface area contributed by atoms with E-state index < -0.39 is 0 Å². The SMILES string of the molecule is CC(N=Cc1cccc(-c2ccccc2)c1)c1cccc(Cl)c1Cl. The van der Waals surface area contributed by atoms with E-state index in [-0.39, 0.29) is 6.04 Å². The van der Waals surface area contributed by atoms with Crippen LogP contribution in [0, 0.1) is 0 Å². The molecule has 0 aliphatic carbocycles. The molecule has 0 saturated heterocycles. The van der Waals surface area contributed by atoms with E-state index in [0.717, 1.165) is 11.1 Å². The predicted octanol–water partition coefficient (Wildman–Crippen LogP) is 6.84. The Morgan fingerprint density at radius 1 is 0.833 bits per heavy atom. The summed E-state index contributed by atoms with van der Waals surface area (Å²) in [4.78, 5) is 4.63. The Hall–Kier alpha value is -2.09. The maximum absolute atomic E-state index is 6.27. The van der Waals surface area contributed by atoms with Gasteiger partial charge in [-0.3, -0.25) is 4.99 Å². The summed E-state index contributed by atoms with van der Waals surface area (Å²) >= 11 is 12.3. The largest absolute Gasteiger partial charge is 0.285 e. The normalized spacial score (nSPS) is 12.5. The van der Waals surface area contributed by atoms with Gasteiger partial charge in [-0.05, 0) is 41.3 Å². The molecule has 0 amide bonds. The number of rotatable bonds is 4. The molecular weight excluding hydrogens is 337 g/mol. The van der Waals surface area contributed by atoms with Crippen LogP contribution in [0.25, 0.3) is 11.1 Å². The summed E-state index contributed by atoms with van der Waals surface area (Å²) in [5.74, 6) is 0. The lowest BCUT2D eigenvalue weighted by molar-refractivity contribution is 0.825. The van der Waals surface area contributed by atoms with E-state index in [1.807, 2.05) is 55.6 Å². The molecule has 0 heterocycles. The maximum Gasteiger partial charge on any atom is 0.0736 e. The number of nitrogens with zero attached hydrogens (tertiary/aromatic N) is 1. The lowest BCUT2D eigenvalue weighted by Crippen LogP contribution is -1.93. The van der Waals surface area contributed by atoms with Crippen molar-refractivity contribution in [3.8, 4) is 11.1 Å². The van der Waals surface area contributed by atoms with Crippen molar-refractivity contribution < 1.29 is 0 Å². The van der Waals surface area contributed by atoms with Gasteiger partial charge in [-0.15, -0.1) is 0 Å². The van der Waals surface area contributed by atoms with E-state index in [2.05, 4.69) is 29.3 Å². The molecule has 0 fully saturated rings. The van der Waals surface area contributed by atoms with Gasteiger partial charge in [0.15, 0.2) is 0 Å². The Balaban J connectivity index is 1.83. The zero-order valence-corrected chi connectivity index (χ0v) is 14.8. The van der Waals surface area contributed by atoms with E-state index >= 15 is 0 Å². The van der Waals surface area contributed by atoms with E-state index in [4.69, 9.17) is 23.2 Å². The fourth-order valence-corrected chi connectivity index (χ4v) is 3.02. The molecule has 0 N–H and O–H groups in total. The number of hydrogen-bond donors (Lipinski definition) is 0. The first-order valence-corrected chi connectivity index (χ1v) is 8.53. The summed E-state index contributed by atoms with van der Waals surface area (Å²) in [7, 11) is 0. The van der Waals surface area contributed by atoms with Crippen molar-refractivity contribution in [2.45, 2.75) is 13.0 Å². The maximum atomic E-state index is 6.27. The Morgan fingerprint density at radius 3 is 2.33 bits per heavy atom. The number of aliphatic imine (C=N–C) groups is 1. The van der Waals surface area contributed by atoms with Crippen LogP contribution in [0.4, 0.5) is 0 Å². The van der Waals surface area contributed by atoms with Gasteiger partial charge in [0, 0.05) is 6.21 Å². The summed E-state index contributed by atoms with van der Waals surface area (Å²) < 4.78 is 0. The third-order valence-corrected chi connectivity index (χ3v) is 4.71. The highest BCUT2D eigenvalue weighted by molar-refractivity contribution is 6.42. The summed E-state index contributed by atoms with van der Waals surface area (Å²) in [5, 5.41) is 1.13. The number of hydrogen-bond acceptors (Lipinski definition) is 1. The highest BCUT2D eigenvalue weighted by atomic mass is 35.5. The van der Waals surface area contributed by atoms with E-state index in [0.29, 0.717) is 10.0 Å². The van der Waals surface area contributed by atoms with Crippen LogP contribution in [0.3, 0.4) is 0 Å². The molecule has 1 nitrogen and oxygen atoms in total. The standard InChI is InChI=1S/C21H17Cl2N/c1-15(19-11-6-12-20(22)21(19)23)24-14-16-7-5-10-18(13-16)17-8-3-2-4-9-17/h2-15H,1H3. The summed E-state index contributed by atoms with van der Waals surface area (Å²) in [5.41, 5.74) is 4.35. The molecule has 3 heteroatoms. The Labute approximate surface area is 152 Å². The smallest absolute Gasteiger partial charge is 0.0736 e. The summed E-state index contributed by atoms with van der Waals surface area (Å²) in [6.07, 6.45) is 1.88. The van der Waals surface area contributed by atoms with Crippen molar-refractivity contribution in [3.05, 3.63) is 94.0 Å². The molecule has 24 heavy (non-hydrogen) atoms. The topological polar surface area (TPSA) is 12.4 Å². The average molecular weight is 354 g/mol. The highest BCUT2D eigenvalue weighted by Gasteiger charge is 2.10. The van der Waals surface area contributed by atoms with Crippen molar-refractivity contribution in [2.24, 2.45) is 4.99 Å². The minimum atomic E-state index is -0.0587. The minimum Gasteiger partial charge on any atom is -0.285 e.